The Kier molecular flexibility index (Phi) is 6.17. The Morgan fingerprint density at radius 3 is 2.21 bits per heavy atom. The zero-order chi connectivity index (χ0) is 20.2. The molecule has 9 heteroatoms. The Bertz CT molecular complexity index is 1060. The smallest absolute Gasteiger partial charge is 0.261 e. The SMILES string of the molecule is O=S(=O)(CC1=CCCOCC1)c1ccc(S(=O)(=O)Nc2ccc(F)cc2)cc1. The van der Waals surface area contributed by atoms with Crippen LogP contribution >= 0.6 is 0 Å². The van der Waals surface area contributed by atoms with Crippen LogP contribution in [0, 0.1) is 5.82 Å². The molecule has 0 aliphatic carbocycles. The number of sulfone groups is 1. The molecule has 28 heavy (non-hydrogen) atoms. The molecule has 0 radical (unpaired) electrons. The number of sulfonamides is 1. The molecule has 3 rings (SSSR count). The monoisotopic (exact) mass is 425 g/mol. The summed E-state index contributed by atoms with van der Waals surface area (Å²) in [6.45, 7) is 1.07. The first kappa shape index (κ1) is 20.5. The van der Waals surface area contributed by atoms with Gasteiger partial charge in [0.05, 0.1) is 28.8 Å². The highest BCUT2D eigenvalue weighted by atomic mass is 32.2. The third-order valence-electron chi connectivity index (χ3n) is 4.23. The van der Waals surface area contributed by atoms with Crippen LogP contribution in [0.1, 0.15) is 12.8 Å². The number of anilines is 1. The Labute approximate surface area is 164 Å². The Morgan fingerprint density at radius 2 is 1.54 bits per heavy atom. The van der Waals surface area contributed by atoms with Crippen LogP contribution in [-0.4, -0.2) is 35.8 Å². The van der Waals surface area contributed by atoms with Gasteiger partial charge in [-0.05, 0) is 61.4 Å². The van der Waals surface area contributed by atoms with E-state index in [0.717, 1.165) is 17.7 Å². The van der Waals surface area contributed by atoms with Gasteiger partial charge < -0.3 is 4.74 Å². The second kappa shape index (κ2) is 8.42. The first-order chi connectivity index (χ1) is 13.3. The quantitative estimate of drug-likeness (QED) is 0.718. The molecule has 0 saturated carbocycles. The molecule has 1 heterocycles. The van der Waals surface area contributed by atoms with Crippen LogP contribution < -0.4 is 4.72 Å². The second-order valence-corrected chi connectivity index (χ2v) is 10.0. The van der Waals surface area contributed by atoms with Gasteiger partial charge in [0, 0.05) is 5.69 Å². The largest absolute Gasteiger partial charge is 0.381 e. The normalized spacial score (nSPS) is 15.5. The molecule has 0 saturated heterocycles. The van der Waals surface area contributed by atoms with Crippen molar-refractivity contribution in [3.05, 3.63) is 66.0 Å². The van der Waals surface area contributed by atoms with Gasteiger partial charge >= 0.3 is 0 Å². The lowest BCUT2D eigenvalue weighted by Gasteiger charge is -2.10. The zero-order valence-corrected chi connectivity index (χ0v) is 16.6. The van der Waals surface area contributed by atoms with Gasteiger partial charge in [-0.25, -0.2) is 21.2 Å². The predicted octanol–water partition coefficient (Wildman–Crippen LogP) is 3.14. The summed E-state index contributed by atoms with van der Waals surface area (Å²) in [5.74, 6) is -0.594. The van der Waals surface area contributed by atoms with E-state index in [-0.39, 0.29) is 21.2 Å². The summed E-state index contributed by atoms with van der Waals surface area (Å²) in [6, 6.07) is 9.92. The van der Waals surface area contributed by atoms with Gasteiger partial charge in [-0.15, -0.1) is 0 Å². The Balaban J connectivity index is 1.76. The lowest BCUT2D eigenvalue weighted by Crippen LogP contribution is -2.14. The van der Waals surface area contributed by atoms with E-state index >= 15 is 0 Å². The van der Waals surface area contributed by atoms with Gasteiger partial charge in [-0.2, -0.15) is 0 Å². The van der Waals surface area contributed by atoms with Crippen LogP contribution in [0.2, 0.25) is 0 Å². The van der Waals surface area contributed by atoms with E-state index in [9.17, 15) is 21.2 Å². The minimum absolute atomic E-state index is 0.0549. The molecule has 0 aromatic heterocycles. The molecule has 0 unspecified atom stereocenters. The minimum Gasteiger partial charge on any atom is -0.381 e. The topological polar surface area (TPSA) is 89.5 Å². The van der Waals surface area contributed by atoms with Crippen molar-refractivity contribution in [1.29, 1.82) is 0 Å². The first-order valence-electron chi connectivity index (χ1n) is 8.63. The zero-order valence-electron chi connectivity index (χ0n) is 15.0. The van der Waals surface area contributed by atoms with E-state index in [2.05, 4.69) is 4.72 Å². The number of nitrogens with one attached hydrogen (secondary N) is 1. The van der Waals surface area contributed by atoms with Crippen molar-refractivity contribution in [2.75, 3.05) is 23.7 Å². The van der Waals surface area contributed by atoms with Crippen molar-refractivity contribution in [2.24, 2.45) is 0 Å². The summed E-state index contributed by atoms with van der Waals surface area (Å²) in [6.07, 6.45) is 3.13. The molecule has 0 fully saturated rings. The fourth-order valence-electron chi connectivity index (χ4n) is 2.77. The highest BCUT2D eigenvalue weighted by Crippen LogP contribution is 2.21. The predicted molar refractivity (Wildman–Crippen MR) is 104 cm³/mol. The van der Waals surface area contributed by atoms with Gasteiger partial charge in [0.2, 0.25) is 0 Å². The van der Waals surface area contributed by atoms with Crippen LogP contribution in [0.25, 0.3) is 0 Å². The van der Waals surface area contributed by atoms with E-state index < -0.39 is 25.7 Å². The van der Waals surface area contributed by atoms with Crippen molar-refractivity contribution in [3.8, 4) is 0 Å². The highest BCUT2D eigenvalue weighted by molar-refractivity contribution is 7.93. The number of ether oxygens (including phenoxy) is 1. The third kappa shape index (κ3) is 5.18. The number of hydrogen-bond donors (Lipinski definition) is 1. The summed E-state index contributed by atoms with van der Waals surface area (Å²) in [5.41, 5.74) is 1.01. The van der Waals surface area contributed by atoms with Crippen LogP contribution in [-0.2, 0) is 24.6 Å². The number of halogens is 1. The Morgan fingerprint density at radius 1 is 0.893 bits per heavy atom. The van der Waals surface area contributed by atoms with Gasteiger partial charge in [0.25, 0.3) is 10.0 Å². The van der Waals surface area contributed by atoms with Crippen molar-refractivity contribution in [3.63, 3.8) is 0 Å². The van der Waals surface area contributed by atoms with E-state index in [1.807, 2.05) is 6.08 Å². The second-order valence-electron chi connectivity index (χ2n) is 6.36. The molecule has 0 amide bonds. The standard InChI is InChI=1S/C19H20FNO5S2/c20-16-3-5-17(6-4-16)21-28(24,25)19-9-7-18(8-10-19)27(22,23)14-15-2-1-12-26-13-11-15/h2-10,21H,1,11-14H2. The average molecular weight is 426 g/mol. The first-order valence-corrected chi connectivity index (χ1v) is 11.8. The van der Waals surface area contributed by atoms with E-state index in [0.29, 0.717) is 26.1 Å². The summed E-state index contributed by atoms with van der Waals surface area (Å²) in [7, 11) is -7.50. The molecule has 0 atom stereocenters. The molecule has 2 aromatic rings. The number of benzene rings is 2. The van der Waals surface area contributed by atoms with E-state index in [1.165, 1.54) is 36.4 Å². The number of rotatable bonds is 6. The molecule has 2 aromatic carbocycles. The fourth-order valence-corrected chi connectivity index (χ4v) is 5.30. The van der Waals surface area contributed by atoms with Gasteiger partial charge in [-0.1, -0.05) is 11.6 Å². The van der Waals surface area contributed by atoms with E-state index in [1.54, 1.807) is 0 Å². The van der Waals surface area contributed by atoms with Crippen LogP contribution in [0.5, 0.6) is 0 Å². The maximum atomic E-state index is 12.9. The lowest BCUT2D eigenvalue weighted by molar-refractivity contribution is 0.147. The molecule has 0 bridgehead atoms. The highest BCUT2D eigenvalue weighted by Gasteiger charge is 2.20. The number of hydrogen-bond acceptors (Lipinski definition) is 5. The molecular weight excluding hydrogens is 405 g/mol. The fraction of sp³-hybridized carbons (Fsp3) is 0.263. The molecule has 150 valence electrons. The van der Waals surface area contributed by atoms with Crippen molar-refractivity contribution >= 4 is 25.5 Å². The van der Waals surface area contributed by atoms with Crippen LogP contribution in [0.4, 0.5) is 10.1 Å². The Hall–Kier alpha value is -2.23. The van der Waals surface area contributed by atoms with Crippen LogP contribution in [0.15, 0.2) is 70.0 Å². The van der Waals surface area contributed by atoms with Crippen molar-refractivity contribution in [1.82, 2.24) is 0 Å². The van der Waals surface area contributed by atoms with Gasteiger partial charge in [0.1, 0.15) is 5.82 Å². The van der Waals surface area contributed by atoms with Crippen LogP contribution in [0.3, 0.4) is 0 Å². The van der Waals surface area contributed by atoms with Gasteiger partial charge in [0.15, 0.2) is 9.84 Å². The maximum absolute atomic E-state index is 12.9. The maximum Gasteiger partial charge on any atom is 0.261 e. The molecule has 1 aliphatic rings. The summed E-state index contributed by atoms with van der Waals surface area (Å²) < 4.78 is 70.7. The average Bonchev–Trinajstić information content (AvgIpc) is 2.92. The summed E-state index contributed by atoms with van der Waals surface area (Å²) in [4.78, 5) is -0.0304. The molecule has 1 aliphatic heterocycles. The van der Waals surface area contributed by atoms with E-state index in [4.69, 9.17) is 4.74 Å². The lowest BCUT2D eigenvalue weighted by atomic mass is 10.2. The summed E-state index contributed by atoms with van der Waals surface area (Å²) in [5, 5.41) is 0. The van der Waals surface area contributed by atoms with Crippen molar-refractivity contribution in [2.45, 2.75) is 22.6 Å². The molecule has 6 nitrogen and oxygen atoms in total. The third-order valence-corrected chi connectivity index (χ3v) is 7.37. The molecule has 0 spiro atoms. The minimum atomic E-state index is -3.92. The van der Waals surface area contributed by atoms with Crippen molar-refractivity contribution < 1.29 is 26.0 Å². The van der Waals surface area contributed by atoms with Gasteiger partial charge in [-0.3, -0.25) is 4.72 Å². The molecular formula is C19H20FNO5S2. The summed E-state index contributed by atoms with van der Waals surface area (Å²) >= 11 is 0. The molecule has 1 N–H and O–H groups in total.